The molecule has 1 nitrogen and oxygen atoms in total. The molecule has 0 saturated carbocycles. The monoisotopic (exact) mass is 281 g/mol. The maximum Gasteiger partial charge on any atom is 0.0904 e. The second kappa shape index (κ2) is 5.52. The maximum absolute atomic E-state index is 4.45. The van der Waals surface area contributed by atoms with Crippen LogP contribution < -0.4 is 0 Å². The molecule has 1 aromatic carbocycles. The van der Waals surface area contributed by atoms with E-state index in [1.807, 2.05) is 23.9 Å². The Labute approximate surface area is 103 Å². The van der Waals surface area contributed by atoms with Crippen LogP contribution in [0.15, 0.2) is 39.8 Å². The predicted octanol–water partition coefficient (Wildman–Crippen LogP) is 4.00. The summed E-state index contributed by atoms with van der Waals surface area (Å²) in [5.41, 5.74) is 1.20. The topological polar surface area (TPSA) is 12.4 Å². The first-order valence-corrected chi connectivity index (χ1v) is 6.74. The van der Waals surface area contributed by atoms with E-state index in [4.69, 9.17) is 0 Å². The van der Waals surface area contributed by atoms with Gasteiger partial charge in [0, 0.05) is 16.8 Å². The van der Waals surface area contributed by atoms with Gasteiger partial charge in [-0.1, -0.05) is 40.2 Å². The largest absolute Gasteiger partial charge is 0.278 e. The van der Waals surface area contributed by atoms with E-state index in [-0.39, 0.29) is 0 Å². The fourth-order valence-electron chi connectivity index (χ4n) is 1.35. The minimum Gasteiger partial charge on any atom is -0.278 e. The van der Waals surface area contributed by atoms with E-state index in [1.165, 1.54) is 17.7 Å². The van der Waals surface area contributed by atoms with Crippen LogP contribution in [0.4, 0.5) is 0 Å². The van der Waals surface area contributed by atoms with Gasteiger partial charge >= 0.3 is 0 Å². The third-order valence-corrected chi connectivity index (χ3v) is 3.91. The molecule has 1 aromatic rings. The van der Waals surface area contributed by atoms with Gasteiger partial charge in [-0.15, -0.1) is 11.8 Å². The summed E-state index contributed by atoms with van der Waals surface area (Å²) in [5.74, 6) is 1.19. The Hall–Kier alpha value is -0.540. The molecule has 0 atom stereocenters. The summed E-state index contributed by atoms with van der Waals surface area (Å²) in [7, 11) is 0. The van der Waals surface area contributed by atoms with Gasteiger partial charge in [-0.2, -0.15) is 0 Å². The fourth-order valence-corrected chi connectivity index (χ4v) is 2.59. The highest BCUT2D eigenvalue weighted by Gasteiger charge is 2.01. The average Bonchev–Trinajstić information content (AvgIpc) is 2.29. The normalized spacial score (nSPS) is 16.7. The summed E-state index contributed by atoms with van der Waals surface area (Å²) in [6.45, 7) is 0.975. The van der Waals surface area contributed by atoms with Crippen molar-refractivity contribution in [3.8, 4) is 0 Å². The van der Waals surface area contributed by atoms with Crippen molar-refractivity contribution in [3.05, 3.63) is 40.4 Å². The molecule has 0 radical (unpaired) electrons. The van der Waals surface area contributed by atoms with Crippen LogP contribution >= 0.6 is 27.7 Å². The van der Waals surface area contributed by atoms with Crippen LogP contribution in [-0.4, -0.2) is 17.3 Å². The number of thioether (sulfide) groups is 1. The van der Waals surface area contributed by atoms with E-state index in [0.717, 1.165) is 16.1 Å². The van der Waals surface area contributed by atoms with Gasteiger partial charge in [0.2, 0.25) is 0 Å². The highest BCUT2D eigenvalue weighted by molar-refractivity contribution is 9.10. The SMILES string of the molecule is Brc1ccccc1C=CC1=NCCCS1. The summed E-state index contributed by atoms with van der Waals surface area (Å²) < 4.78 is 1.13. The van der Waals surface area contributed by atoms with Gasteiger partial charge in [0.25, 0.3) is 0 Å². The number of rotatable bonds is 2. The Morgan fingerprint density at radius 2 is 2.13 bits per heavy atom. The number of nitrogens with zero attached hydrogens (tertiary/aromatic N) is 1. The first kappa shape index (κ1) is 11.0. The van der Waals surface area contributed by atoms with Crippen LogP contribution in [0.3, 0.4) is 0 Å². The third kappa shape index (κ3) is 3.21. The summed E-state index contributed by atoms with van der Waals surface area (Å²) in [6, 6.07) is 8.21. The Balaban J connectivity index is 2.11. The molecule has 0 unspecified atom stereocenters. The first-order chi connectivity index (χ1) is 7.36. The standard InChI is InChI=1S/C12H12BrNS/c13-11-5-2-1-4-10(11)6-7-12-14-8-3-9-15-12/h1-2,4-7H,3,8-9H2. The molecule has 3 heteroatoms. The van der Waals surface area contributed by atoms with Crippen molar-refractivity contribution < 1.29 is 0 Å². The van der Waals surface area contributed by atoms with E-state index in [9.17, 15) is 0 Å². The molecule has 1 aliphatic rings. The van der Waals surface area contributed by atoms with Crippen LogP contribution in [0.2, 0.25) is 0 Å². The highest BCUT2D eigenvalue weighted by atomic mass is 79.9. The molecule has 0 saturated heterocycles. The lowest BCUT2D eigenvalue weighted by atomic mass is 10.2. The molecule has 2 rings (SSSR count). The minimum atomic E-state index is 0.975. The highest BCUT2D eigenvalue weighted by Crippen LogP contribution is 2.19. The molecule has 15 heavy (non-hydrogen) atoms. The van der Waals surface area contributed by atoms with Crippen LogP contribution in [-0.2, 0) is 0 Å². The summed E-state index contributed by atoms with van der Waals surface area (Å²) in [6.07, 6.45) is 5.42. The third-order valence-electron chi connectivity index (χ3n) is 2.13. The molecule has 0 N–H and O–H groups in total. The van der Waals surface area contributed by atoms with Crippen molar-refractivity contribution in [2.24, 2.45) is 4.99 Å². The molecule has 1 aliphatic heterocycles. The van der Waals surface area contributed by atoms with Crippen LogP contribution in [0.25, 0.3) is 6.08 Å². The quantitative estimate of drug-likeness (QED) is 0.798. The van der Waals surface area contributed by atoms with Gasteiger partial charge in [0.05, 0.1) is 5.04 Å². The van der Waals surface area contributed by atoms with Crippen molar-refractivity contribution in [2.45, 2.75) is 6.42 Å². The van der Waals surface area contributed by atoms with Crippen molar-refractivity contribution in [1.29, 1.82) is 0 Å². The lowest BCUT2D eigenvalue weighted by Gasteiger charge is -2.06. The molecule has 0 aromatic heterocycles. The smallest absolute Gasteiger partial charge is 0.0904 e. The zero-order chi connectivity index (χ0) is 10.5. The Kier molecular flexibility index (Phi) is 4.03. The van der Waals surface area contributed by atoms with Crippen molar-refractivity contribution >= 4 is 38.8 Å². The molecule has 0 bridgehead atoms. The Bertz CT molecular complexity index is 398. The molecular weight excluding hydrogens is 270 g/mol. The van der Waals surface area contributed by atoms with E-state index in [1.54, 1.807) is 0 Å². The minimum absolute atomic E-state index is 0.975. The molecule has 0 spiro atoms. The van der Waals surface area contributed by atoms with Gasteiger partial charge in [-0.05, 0) is 24.1 Å². The second-order valence-electron chi connectivity index (χ2n) is 3.28. The second-order valence-corrected chi connectivity index (χ2v) is 5.25. The molecule has 1 heterocycles. The van der Waals surface area contributed by atoms with E-state index < -0.39 is 0 Å². The Morgan fingerprint density at radius 1 is 1.27 bits per heavy atom. The van der Waals surface area contributed by atoms with Crippen molar-refractivity contribution in [3.63, 3.8) is 0 Å². The van der Waals surface area contributed by atoms with Crippen LogP contribution in [0, 0.1) is 0 Å². The number of hydrogen-bond acceptors (Lipinski definition) is 2. The molecule has 78 valence electrons. The maximum atomic E-state index is 4.45. The number of hydrogen-bond donors (Lipinski definition) is 0. The number of benzene rings is 1. The van der Waals surface area contributed by atoms with Gasteiger partial charge in [0.1, 0.15) is 0 Å². The number of aliphatic imine (C=N–C) groups is 1. The lowest BCUT2D eigenvalue weighted by molar-refractivity contribution is 0.940. The summed E-state index contributed by atoms with van der Waals surface area (Å²) in [4.78, 5) is 4.45. The van der Waals surface area contributed by atoms with Crippen LogP contribution in [0.5, 0.6) is 0 Å². The fraction of sp³-hybridized carbons (Fsp3) is 0.250. The summed E-state index contributed by atoms with van der Waals surface area (Å²) in [5, 5.41) is 1.15. The predicted molar refractivity (Wildman–Crippen MR) is 72.6 cm³/mol. The molecule has 0 fully saturated rings. The molecule has 0 aliphatic carbocycles. The van der Waals surface area contributed by atoms with Crippen molar-refractivity contribution in [1.82, 2.24) is 0 Å². The molecule has 0 amide bonds. The van der Waals surface area contributed by atoms with E-state index >= 15 is 0 Å². The Morgan fingerprint density at radius 3 is 2.87 bits per heavy atom. The van der Waals surface area contributed by atoms with Gasteiger partial charge < -0.3 is 0 Å². The van der Waals surface area contributed by atoms with E-state index in [2.05, 4.69) is 45.2 Å². The molecular formula is C12H12BrNS. The number of halogens is 1. The van der Waals surface area contributed by atoms with E-state index in [0.29, 0.717) is 0 Å². The van der Waals surface area contributed by atoms with Gasteiger partial charge in [0.15, 0.2) is 0 Å². The lowest BCUT2D eigenvalue weighted by Crippen LogP contribution is -2.00. The van der Waals surface area contributed by atoms with Gasteiger partial charge in [-0.3, -0.25) is 4.99 Å². The zero-order valence-electron chi connectivity index (χ0n) is 8.32. The van der Waals surface area contributed by atoms with Gasteiger partial charge in [-0.25, -0.2) is 0 Å². The summed E-state index contributed by atoms with van der Waals surface area (Å²) >= 11 is 5.36. The zero-order valence-corrected chi connectivity index (χ0v) is 10.7. The average molecular weight is 282 g/mol. The van der Waals surface area contributed by atoms with Crippen molar-refractivity contribution in [2.75, 3.05) is 12.3 Å². The van der Waals surface area contributed by atoms with Crippen LogP contribution in [0.1, 0.15) is 12.0 Å². The first-order valence-electron chi connectivity index (χ1n) is 4.96.